The van der Waals surface area contributed by atoms with Gasteiger partial charge in [-0.25, -0.2) is 9.97 Å². The quantitative estimate of drug-likeness (QED) is 0.197. The molecule has 0 atom stereocenters. The maximum absolute atomic E-state index is 5.04. The van der Waals surface area contributed by atoms with Gasteiger partial charge in [0.1, 0.15) is 11.6 Å². The van der Waals surface area contributed by atoms with Gasteiger partial charge in [-0.05, 0) is 83.7 Å². The Morgan fingerprint density at radius 1 is 0.438 bits per heavy atom. The van der Waals surface area contributed by atoms with Gasteiger partial charge in [-0.2, -0.15) is 0 Å². The van der Waals surface area contributed by atoms with Crippen LogP contribution >= 0.6 is 0 Å². The molecule has 0 amide bonds. The Bertz CT molecular complexity index is 2640. The number of pyridine rings is 4. The van der Waals surface area contributed by atoms with Crippen molar-refractivity contribution in [2.45, 2.75) is 0 Å². The van der Waals surface area contributed by atoms with E-state index in [1.165, 1.54) is 32.7 Å². The van der Waals surface area contributed by atoms with Crippen molar-refractivity contribution < 1.29 is 0 Å². The first-order valence-corrected chi connectivity index (χ1v) is 16.0. The second kappa shape index (κ2) is 10.4. The first-order valence-electron chi connectivity index (χ1n) is 16.0. The minimum atomic E-state index is 0.845. The summed E-state index contributed by atoms with van der Waals surface area (Å²) in [5.41, 5.74) is 10.5. The molecule has 0 radical (unpaired) electrons. The summed E-state index contributed by atoms with van der Waals surface area (Å²) in [6, 6.07) is 46.6. The molecule has 6 nitrogen and oxygen atoms in total. The van der Waals surface area contributed by atoms with E-state index in [4.69, 9.17) is 9.97 Å². The second-order valence-corrected chi connectivity index (χ2v) is 12.0. The van der Waals surface area contributed by atoms with E-state index in [1.54, 1.807) is 0 Å². The number of nitrogens with zero attached hydrogens (tertiary/aromatic N) is 6. The molecule has 0 spiro atoms. The molecule has 0 aliphatic carbocycles. The minimum absolute atomic E-state index is 0.845. The molecule has 0 N–H and O–H groups in total. The largest absolute Gasteiger partial charge is 0.294 e. The van der Waals surface area contributed by atoms with E-state index in [0.717, 1.165) is 56.6 Å². The SMILES string of the molecule is c1ccc(-c2ccc(N3c4cc5c(cc4-c4cccc6cccc3c46)c3ccccc3n5-c3ccc(-c4ccccn4)cn3)nc2)nc1. The standard InChI is InChI=1S/C42H26N6/c1-2-15-36-30(11-1)32-23-33-31-12-7-9-27-10-8-16-37(42(27)31)48(41-20-18-29(26-46-41)35-14-4-6-22-44-35)39(33)24-38(32)47(36)40-19-17-28(25-45-40)34-13-3-5-21-43-34/h1-26H. The molecule has 6 heterocycles. The van der Waals surface area contributed by atoms with Gasteiger partial charge < -0.3 is 0 Å². The van der Waals surface area contributed by atoms with E-state index in [0.29, 0.717) is 0 Å². The normalized spacial score (nSPS) is 12.1. The Morgan fingerprint density at radius 3 is 1.81 bits per heavy atom. The van der Waals surface area contributed by atoms with Crippen molar-refractivity contribution in [2.24, 2.45) is 0 Å². The summed E-state index contributed by atoms with van der Waals surface area (Å²) < 4.78 is 2.27. The average molecular weight is 615 g/mol. The third-order valence-electron chi connectivity index (χ3n) is 9.32. The maximum atomic E-state index is 5.04. The molecule has 6 heteroatoms. The van der Waals surface area contributed by atoms with Gasteiger partial charge in [-0.1, -0.05) is 60.7 Å². The molecule has 9 aromatic rings. The fraction of sp³-hybridized carbons (Fsp3) is 0. The molecule has 0 saturated carbocycles. The molecule has 1 aliphatic heterocycles. The van der Waals surface area contributed by atoms with Crippen LogP contribution in [0.25, 0.3) is 72.0 Å². The number of benzene rings is 4. The van der Waals surface area contributed by atoms with E-state index in [9.17, 15) is 0 Å². The molecule has 48 heavy (non-hydrogen) atoms. The summed E-state index contributed by atoms with van der Waals surface area (Å²) in [5.74, 6) is 1.70. The van der Waals surface area contributed by atoms with Crippen LogP contribution in [0.2, 0.25) is 0 Å². The highest BCUT2D eigenvalue weighted by Gasteiger charge is 2.28. The summed E-state index contributed by atoms with van der Waals surface area (Å²) in [6.07, 6.45) is 7.45. The molecule has 0 bridgehead atoms. The zero-order valence-electron chi connectivity index (χ0n) is 25.7. The van der Waals surface area contributed by atoms with E-state index in [1.807, 2.05) is 61.2 Å². The van der Waals surface area contributed by atoms with Crippen LogP contribution in [-0.2, 0) is 0 Å². The van der Waals surface area contributed by atoms with Crippen molar-refractivity contribution in [3.63, 3.8) is 0 Å². The Labute approximate surface area is 276 Å². The van der Waals surface area contributed by atoms with Gasteiger partial charge in [-0.15, -0.1) is 0 Å². The molecule has 0 fully saturated rings. The Hall–Kier alpha value is -6.66. The smallest absolute Gasteiger partial charge is 0.137 e. The van der Waals surface area contributed by atoms with Crippen LogP contribution in [0.15, 0.2) is 158 Å². The van der Waals surface area contributed by atoms with Crippen molar-refractivity contribution >= 4 is 49.8 Å². The third-order valence-corrected chi connectivity index (χ3v) is 9.32. The number of para-hydroxylation sites is 1. The van der Waals surface area contributed by atoms with Crippen LogP contribution in [0.5, 0.6) is 0 Å². The first kappa shape index (κ1) is 26.5. The molecule has 5 aromatic heterocycles. The molecule has 224 valence electrons. The van der Waals surface area contributed by atoms with E-state index < -0.39 is 0 Å². The first-order chi connectivity index (χ1) is 23.8. The number of fused-ring (bicyclic) bond motifs is 5. The van der Waals surface area contributed by atoms with Gasteiger partial charge in [-0.3, -0.25) is 19.4 Å². The van der Waals surface area contributed by atoms with Crippen molar-refractivity contribution in [2.75, 3.05) is 4.90 Å². The van der Waals surface area contributed by atoms with E-state index in [2.05, 4.69) is 116 Å². The third kappa shape index (κ3) is 3.99. The number of hydrogen-bond acceptors (Lipinski definition) is 5. The van der Waals surface area contributed by atoms with Gasteiger partial charge in [0.2, 0.25) is 0 Å². The average Bonchev–Trinajstić information content (AvgIpc) is 3.48. The lowest BCUT2D eigenvalue weighted by Gasteiger charge is -2.33. The zero-order valence-corrected chi connectivity index (χ0v) is 25.7. The van der Waals surface area contributed by atoms with Crippen LogP contribution in [0.3, 0.4) is 0 Å². The fourth-order valence-corrected chi connectivity index (χ4v) is 7.17. The fourth-order valence-electron chi connectivity index (χ4n) is 7.17. The molecule has 4 aromatic carbocycles. The summed E-state index contributed by atoms with van der Waals surface area (Å²) >= 11 is 0. The Kier molecular flexibility index (Phi) is 5.77. The topological polar surface area (TPSA) is 59.7 Å². The number of aromatic nitrogens is 5. The summed E-state index contributed by atoms with van der Waals surface area (Å²) in [7, 11) is 0. The van der Waals surface area contributed by atoms with Crippen LogP contribution in [0.4, 0.5) is 17.2 Å². The molecular formula is C42H26N6. The molecular weight excluding hydrogens is 589 g/mol. The van der Waals surface area contributed by atoms with Gasteiger partial charge in [0.15, 0.2) is 0 Å². The Morgan fingerprint density at radius 2 is 1.12 bits per heavy atom. The van der Waals surface area contributed by atoms with Crippen LogP contribution in [0.1, 0.15) is 0 Å². The highest BCUT2D eigenvalue weighted by molar-refractivity contribution is 6.18. The number of hydrogen-bond donors (Lipinski definition) is 0. The lowest BCUT2D eigenvalue weighted by Crippen LogP contribution is -2.16. The molecule has 0 saturated heterocycles. The van der Waals surface area contributed by atoms with E-state index >= 15 is 0 Å². The minimum Gasteiger partial charge on any atom is -0.294 e. The predicted octanol–water partition coefficient (Wildman–Crippen LogP) is 10.3. The van der Waals surface area contributed by atoms with Crippen LogP contribution in [0, 0.1) is 0 Å². The summed E-state index contributed by atoms with van der Waals surface area (Å²) in [6.45, 7) is 0. The second-order valence-electron chi connectivity index (χ2n) is 12.0. The van der Waals surface area contributed by atoms with E-state index in [-0.39, 0.29) is 0 Å². The lowest BCUT2D eigenvalue weighted by molar-refractivity contribution is 1.08. The van der Waals surface area contributed by atoms with Crippen LogP contribution in [-0.4, -0.2) is 24.5 Å². The number of rotatable bonds is 4. The molecule has 0 unspecified atom stereocenters. The van der Waals surface area contributed by atoms with Gasteiger partial charge >= 0.3 is 0 Å². The van der Waals surface area contributed by atoms with Crippen molar-refractivity contribution in [3.05, 3.63) is 158 Å². The van der Waals surface area contributed by atoms with Gasteiger partial charge in [0, 0.05) is 57.6 Å². The summed E-state index contributed by atoms with van der Waals surface area (Å²) in [5, 5.41) is 4.78. The van der Waals surface area contributed by atoms with Crippen molar-refractivity contribution in [1.82, 2.24) is 24.5 Å². The summed E-state index contributed by atoms with van der Waals surface area (Å²) in [4.78, 5) is 21.4. The predicted molar refractivity (Wildman–Crippen MR) is 194 cm³/mol. The van der Waals surface area contributed by atoms with Crippen molar-refractivity contribution in [3.8, 4) is 39.5 Å². The highest BCUT2D eigenvalue weighted by Crippen LogP contribution is 2.52. The zero-order chi connectivity index (χ0) is 31.6. The molecule has 1 aliphatic rings. The van der Waals surface area contributed by atoms with Crippen LogP contribution < -0.4 is 4.90 Å². The monoisotopic (exact) mass is 614 g/mol. The number of anilines is 3. The lowest BCUT2D eigenvalue weighted by atomic mass is 9.90. The van der Waals surface area contributed by atoms with Gasteiger partial charge in [0.05, 0.1) is 33.8 Å². The molecule has 10 rings (SSSR count). The van der Waals surface area contributed by atoms with Crippen molar-refractivity contribution in [1.29, 1.82) is 0 Å². The highest BCUT2D eigenvalue weighted by atomic mass is 15.2. The van der Waals surface area contributed by atoms with Gasteiger partial charge in [0.25, 0.3) is 0 Å². The Balaban J connectivity index is 1.22. The maximum Gasteiger partial charge on any atom is 0.137 e.